The van der Waals surface area contributed by atoms with Crippen LogP contribution >= 0.6 is 0 Å². The summed E-state index contributed by atoms with van der Waals surface area (Å²) in [5, 5.41) is 2.62. The molecule has 8 heteroatoms. The maximum Gasteiger partial charge on any atom is 0.264 e. The predicted molar refractivity (Wildman–Crippen MR) is 110 cm³/mol. The summed E-state index contributed by atoms with van der Waals surface area (Å²) >= 11 is 0. The van der Waals surface area contributed by atoms with E-state index in [0.717, 1.165) is 17.7 Å². The molecule has 0 aromatic heterocycles. The van der Waals surface area contributed by atoms with Gasteiger partial charge in [-0.25, -0.2) is 17.2 Å². The zero-order valence-electron chi connectivity index (χ0n) is 15.8. The van der Waals surface area contributed by atoms with Crippen LogP contribution < -0.4 is 9.62 Å². The van der Waals surface area contributed by atoms with Crippen molar-refractivity contribution in [2.45, 2.75) is 17.7 Å². The minimum absolute atomic E-state index is 0.0162. The summed E-state index contributed by atoms with van der Waals surface area (Å²) in [6.07, 6.45) is 1.32. The lowest BCUT2D eigenvalue weighted by Crippen LogP contribution is -2.35. The second-order valence-electron chi connectivity index (χ2n) is 6.91. The van der Waals surface area contributed by atoms with Crippen molar-refractivity contribution in [2.75, 3.05) is 16.2 Å². The Morgan fingerprint density at radius 3 is 2.43 bits per heavy atom. The fourth-order valence-corrected chi connectivity index (χ4v) is 4.98. The molecule has 3 aromatic rings. The largest absolute Gasteiger partial charge is 0.322 e. The topological polar surface area (TPSA) is 66.5 Å². The van der Waals surface area contributed by atoms with Gasteiger partial charge >= 0.3 is 0 Å². The Balaban J connectivity index is 1.67. The highest BCUT2D eigenvalue weighted by molar-refractivity contribution is 7.92. The van der Waals surface area contributed by atoms with Crippen LogP contribution in [0, 0.1) is 11.6 Å². The third-order valence-electron chi connectivity index (χ3n) is 4.94. The molecule has 1 amide bonds. The summed E-state index contributed by atoms with van der Waals surface area (Å²) in [5.74, 6) is -1.79. The van der Waals surface area contributed by atoms with Crippen molar-refractivity contribution in [1.29, 1.82) is 0 Å². The van der Waals surface area contributed by atoms with Crippen molar-refractivity contribution in [2.24, 2.45) is 0 Å². The molecular formula is C22H18F2N2O3S. The Bertz CT molecular complexity index is 1210. The van der Waals surface area contributed by atoms with Crippen LogP contribution in [0.25, 0.3) is 0 Å². The van der Waals surface area contributed by atoms with Crippen LogP contribution in [0.3, 0.4) is 0 Å². The Morgan fingerprint density at radius 2 is 1.70 bits per heavy atom. The van der Waals surface area contributed by atoms with Gasteiger partial charge in [-0.3, -0.25) is 9.10 Å². The number of sulfonamides is 1. The maximum absolute atomic E-state index is 13.9. The van der Waals surface area contributed by atoms with Crippen LogP contribution in [0.15, 0.2) is 71.6 Å². The van der Waals surface area contributed by atoms with E-state index in [4.69, 9.17) is 0 Å². The summed E-state index contributed by atoms with van der Waals surface area (Å²) in [4.78, 5) is 12.4. The van der Waals surface area contributed by atoms with Gasteiger partial charge in [-0.1, -0.05) is 18.2 Å². The molecule has 154 valence electrons. The standard InChI is InChI=1S/C22H18F2N2O3S/c23-16-8-11-18(12-9-16)30(28,29)26-13-3-4-15-7-10-17(14-21(15)26)25-22(27)19-5-1-2-6-20(19)24/h1-2,5-12,14H,3-4,13H2,(H,25,27). The highest BCUT2D eigenvalue weighted by atomic mass is 32.2. The van der Waals surface area contributed by atoms with Crippen molar-refractivity contribution in [3.63, 3.8) is 0 Å². The fraction of sp³-hybridized carbons (Fsp3) is 0.136. The third-order valence-corrected chi connectivity index (χ3v) is 6.77. The second kappa shape index (κ2) is 7.87. The SMILES string of the molecule is O=C(Nc1ccc2c(c1)N(S(=O)(=O)c1ccc(F)cc1)CCC2)c1ccccc1F. The molecule has 1 aliphatic heterocycles. The highest BCUT2D eigenvalue weighted by Crippen LogP contribution is 2.34. The molecule has 0 atom stereocenters. The number of amides is 1. The van der Waals surface area contributed by atoms with Gasteiger partial charge in [0, 0.05) is 12.2 Å². The first-order valence-electron chi connectivity index (χ1n) is 9.33. The monoisotopic (exact) mass is 428 g/mol. The van der Waals surface area contributed by atoms with Gasteiger partial charge < -0.3 is 5.32 Å². The van der Waals surface area contributed by atoms with E-state index in [2.05, 4.69) is 5.32 Å². The third kappa shape index (κ3) is 3.78. The molecule has 0 bridgehead atoms. The van der Waals surface area contributed by atoms with Crippen LogP contribution in [0.5, 0.6) is 0 Å². The number of benzene rings is 3. The lowest BCUT2D eigenvalue weighted by molar-refractivity contribution is 0.102. The van der Waals surface area contributed by atoms with Crippen LogP contribution in [0.4, 0.5) is 20.2 Å². The average Bonchev–Trinajstić information content (AvgIpc) is 2.73. The van der Waals surface area contributed by atoms with Gasteiger partial charge in [0.15, 0.2) is 0 Å². The van der Waals surface area contributed by atoms with Gasteiger partial charge in [0.1, 0.15) is 11.6 Å². The van der Waals surface area contributed by atoms with Gasteiger partial charge in [0.05, 0.1) is 16.1 Å². The summed E-state index contributed by atoms with van der Waals surface area (Å²) in [6.45, 7) is 0.261. The van der Waals surface area contributed by atoms with Crippen LogP contribution in [0.2, 0.25) is 0 Å². The van der Waals surface area contributed by atoms with Gasteiger partial charge in [-0.05, 0) is 66.9 Å². The first-order valence-corrected chi connectivity index (χ1v) is 10.8. The molecule has 4 rings (SSSR count). The molecule has 0 spiro atoms. The van der Waals surface area contributed by atoms with E-state index >= 15 is 0 Å². The lowest BCUT2D eigenvalue weighted by Gasteiger charge is -2.31. The van der Waals surface area contributed by atoms with Crippen molar-refractivity contribution < 1.29 is 22.0 Å². The van der Waals surface area contributed by atoms with Gasteiger partial charge in [0.25, 0.3) is 15.9 Å². The van der Waals surface area contributed by atoms with Crippen molar-refractivity contribution in [1.82, 2.24) is 0 Å². The van der Waals surface area contributed by atoms with E-state index in [9.17, 15) is 22.0 Å². The quantitative estimate of drug-likeness (QED) is 0.672. The van der Waals surface area contributed by atoms with E-state index < -0.39 is 27.6 Å². The molecule has 1 heterocycles. The Kier molecular flexibility index (Phi) is 5.26. The molecule has 1 N–H and O–H groups in total. The molecule has 0 saturated carbocycles. The first kappa shape index (κ1) is 20.0. The molecule has 0 fully saturated rings. The number of nitrogens with zero attached hydrogens (tertiary/aromatic N) is 1. The average molecular weight is 428 g/mol. The second-order valence-corrected chi connectivity index (χ2v) is 8.77. The summed E-state index contributed by atoms with van der Waals surface area (Å²) in [6, 6.07) is 15.2. The fourth-order valence-electron chi connectivity index (χ4n) is 3.45. The Morgan fingerprint density at radius 1 is 0.967 bits per heavy atom. The summed E-state index contributed by atoms with van der Waals surface area (Å²) in [5.41, 5.74) is 1.50. The number of nitrogens with one attached hydrogen (secondary N) is 1. The first-order chi connectivity index (χ1) is 14.4. The lowest BCUT2D eigenvalue weighted by atomic mass is 10.0. The number of aryl methyl sites for hydroxylation is 1. The van der Waals surface area contributed by atoms with Crippen LogP contribution in [-0.4, -0.2) is 20.9 Å². The molecule has 1 aliphatic rings. The Labute approximate surface area is 173 Å². The molecule has 3 aromatic carbocycles. The maximum atomic E-state index is 13.9. The number of halogens is 2. The van der Waals surface area contributed by atoms with Crippen LogP contribution in [0.1, 0.15) is 22.3 Å². The van der Waals surface area contributed by atoms with E-state index in [1.807, 2.05) is 0 Å². The van der Waals surface area contributed by atoms with E-state index in [1.165, 1.54) is 34.6 Å². The Hall–Kier alpha value is -3.26. The molecule has 30 heavy (non-hydrogen) atoms. The number of hydrogen-bond donors (Lipinski definition) is 1. The highest BCUT2D eigenvalue weighted by Gasteiger charge is 2.29. The molecule has 0 saturated heterocycles. The smallest absolute Gasteiger partial charge is 0.264 e. The molecular weight excluding hydrogens is 410 g/mol. The van der Waals surface area contributed by atoms with E-state index in [0.29, 0.717) is 24.2 Å². The predicted octanol–water partition coefficient (Wildman–Crippen LogP) is 4.36. The molecule has 5 nitrogen and oxygen atoms in total. The number of carbonyl (C=O) groups is 1. The minimum Gasteiger partial charge on any atom is -0.322 e. The zero-order valence-corrected chi connectivity index (χ0v) is 16.6. The minimum atomic E-state index is -3.90. The molecule has 0 radical (unpaired) electrons. The van der Waals surface area contributed by atoms with E-state index in [-0.39, 0.29) is 17.0 Å². The number of carbonyl (C=O) groups excluding carboxylic acids is 1. The van der Waals surface area contributed by atoms with Crippen molar-refractivity contribution in [3.05, 3.63) is 89.5 Å². The van der Waals surface area contributed by atoms with Gasteiger partial charge in [-0.15, -0.1) is 0 Å². The van der Waals surface area contributed by atoms with Gasteiger partial charge in [0.2, 0.25) is 0 Å². The summed E-state index contributed by atoms with van der Waals surface area (Å²) in [7, 11) is -3.90. The number of rotatable bonds is 4. The summed E-state index contributed by atoms with van der Waals surface area (Å²) < 4.78 is 54.6. The number of anilines is 2. The van der Waals surface area contributed by atoms with Crippen molar-refractivity contribution >= 4 is 27.3 Å². The number of hydrogen-bond acceptors (Lipinski definition) is 3. The van der Waals surface area contributed by atoms with Gasteiger partial charge in [-0.2, -0.15) is 0 Å². The normalized spacial score (nSPS) is 13.6. The van der Waals surface area contributed by atoms with Crippen molar-refractivity contribution in [3.8, 4) is 0 Å². The van der Waals surface area contributed by atoms with E-state index in [1.54, 1.807) is 24.3 Å². The number of fused-ring (bicyclic) bond motifs is 1. The zero-order chi connectivity index (χ0) is 21.3. The molecule has 0 unspecified atom stereocenters. The molecule has 0 aliphatic carbocycles. The van der Waals surface area contributed by atoms with Crippen LogP contribution in [-0.2, 0) is 16.4 Å².